The van der Waals surface area contributed by atoms with Crippen molar-refractivity contribution in [3.63, 3.8) is 0 Å². The number of hydrogen-bond donors (Lipinski definition) is 0. The molecular weight excluding hydrogens is 255 g/mol. The Balaban J connectivity index is 2.15. The molecule has 0 bridgehead atoms. The van der Waals surface area contributed by atoms with E-state index in [1.54, 1.807) is 6.07 Å². The number of benzene rings is 1. The molecule has 1 aromatic carbocycles. The molecule has 1 aliphatic heterocycles. The predicted molar refractivity (Wildman–Crippen MR) is 78.2 cm³/mol. The molecule has 1 saturated heterocycles. The molecule has 2 aromatic rings. The van der Waals surface area contributed by atoms with Gasteiger partial charge in [-0.2, -0.15) is 0 Å². The van der Waals surface area contributed by atoms with E-state index in [0.29, 0.717) is 5.58 Å². The largest absolute Gasteiger partial charge is 0.495 e. The minimum atomic E-state index is -0.561. The van der Waals surface area contributed by atoms with Gasteiger partial charge in [-0.05, 0) is 33.8 Å². The summed E-state index contributed by atoms with van der Waals surface area (Å²) in [6.07, 6.45) is 0. The van der Waals surface area contributed by atoms with Gasteiger partial charge in [-0.15, -0.1) is 0 Å². The highest BCUT2D eigenvalue weighted by atomic mass is 16.7. The smallest absolute Gasteiger partial charge is 0.423 e. The Kier molecular flexibility index (Phi) is 2.82. The van der Waals surface area contributed by atoms with Gasteiger partial charge in [0.2, 0.25) is 0 Å². The summed E-state index contributed by atoms with van der Waals surface area (Å²) in [7, 11) is -0.561. The van der Waals surface area contributed by atoms with Crippen molar-refractivity contribution < 1.29 is 13.7 Å². The third-order valence-corrected chi connectivity index (χ3v) is 4.19. The van der Waals surface area contributed by atoms with Crippen LogP contribution in [0.15, 0.2) is 39.5 Å². The average molecular weight is 272 g/mol. The Morgan fingerprint density at radius 3 is 2.25 bits per heavy atom. The third-order valence-electron chi connectivity index (χ3n) is 4.19. The average Bonchev–Trinajstić information content (AvgIpc) is 2.57. The molecule has 0 saturated carbocycles. The summed E-state index contributed by atoms with van der Waals surface area (Å²) in [5.74, 6) is 0. The Hall–Kier alpha value is -1.59. The predicted octanol–water partition coefficient (Wildman–Crippen LogP) is 2.09. The zero-order valence-corrected chi connectivity index (χ0v) is 12.1. The highest BCUT2D eigenvalue weighted by Gasteiger charge is 2.52. The van der Waals surface area contributed by atoms with Gasteiger partial charge in [0, 0.05) is 16.9 Å². The van der Waals surface area contributed by atoms with Gasteiger partial charge in [-0.25, -0.2) is 4.79 Å². The molecule has 0 atom stereocenters. The Labute approximate surface area is 117 Å². The summed E-state index contributed by atoms with van der Waals surface area (Å²) in [6, 6.07) is 8.85. The molecule has 0 spiro atoms. The van der Waals surface area contributed by atoms with Crippen LogP contribution in [-0.4, -0.2) is 18.3 Å². The van der Waals surface area contributed by atoms with Crippen LogP contribution in [0, 0.1) is 0 Å². The lowest BCUT2D eigenvalue weighted by atomic mass is 9.77. The number of para-hydroxylation sites is 1. The van der Waals surface area contributed by atoms with E-state index in [4.69, 9.17) is 13.7 Å². The topological polar surface area (TPSA) is 48.7 Å². The number of hydrogen-bond acceptors (Lipinski definition) is 4. The molecule has 0 amide bonds. The van der Waals surface area contributed by atoms with Crippen molar-refractivity contribution in [3.8, 4) is 0 Å². The lowest BCUT2D eigenvalue weighted by Crippen LogP contribution is -2.41. The zero-order valence-electron chi connectivity index (χ0n) is 12.1. The molecule has 1 aromatic heterocycles. The van der Waals surface area contributed by atoms with Gasteiger partial charge in [0.25, 0.3) is 0 Å². The maximum atomic E-state index is 11.7. The van der Waals surface area contributed by atoms with Crippen LogP contribution in [0.2, 0.25) is 0 Å². The minimum Gasteiger partial charge on any atom is -0.423 e. The molecule has 20 heavy (non-hydrogen) atoms. The van der Waals surface area contributed by atoms with E-state index in [1.807, 2.05) is 45.9 Å². The fraction of sp³-hybridized carbons (Fsp3) is 0.400. The molecule has 104 valence electrons. The van der Waals surface area contributed by atoms with Crippen molar-refractivity contribution in [2.75, 3.05) is 0 Å². The lowest BCUT2D eigenvalue weighted by Gasteiger charge is -2.32. The lowest BCUT2D eigenvalue weighted by molar-refractivity contribution is 0.00578. The van der Waals surface area contributed by atoms with E-state index < -0.39 is 23.9 Å². The fourth-order valence-corrected chi connectivity index (χ4v) is 2.30. The summed E-state index contributed by atoms with van der Waals surface area (Å²) in [5.41, 5.74) is -0.00233. The first kappa shape index (κ1) is 13.4. The molecule has 0 N–H and O–H groups in total. The summed E-state index contributed by atoms with van der Waals surface area (Å²) < 4.78 is 17.2. The first-order chi connectivity index (χ1) is 9.30. The van der Waals surface area contributed by atoms with Crippen LogP contribution >= 0.6 is 0 Å². The highest BCUT2D eigenvalue weighted by molar-refractivity contribution is 6.65. The van der Waals surface area contributed by atoms with E-state index in [1.165, 1.54) is 6.07 Å². The van der Waals surface area contributed by atoms with Crippen molar-refractivity contribution in [2.45, 2.75) is 38.9 Å². The van der Waals surface area contributed by atoms with Crippen molar-refractivity contribution in [1.82, 2.24) is 0 Å². The van der Waals surface area contributed by atoms with Gasteiger partial charge in [-0.3, -0.25) is 0 Å². The van der Waals surface area contributed by atoms with Gasteiger partial charge in [0.15, 0.2) is 0 Å². The van der Waals surface area contributed by atoms with E-state index >= 15 is 0 Å². The van der Waals surface area contributed by atoms with Gasteiger partial charge < -0.3 is 13.7 Å². The summed E-state index contributed by atoms with van der Waals surface area (Å²) in [5, 5.41) is 0.839. The molecule has 0 radical (unpaired) electrons. The minimum absolute atomic E-state index is 0.395. The first-order valence-electron chi connectivity index (χ1n) is 6.69. The van der Waals surface area contributed by atoms with Crippen LogP contribution < -0.4 is 11.1 Å². The van der Waals surface area contributed by atoms with E-state index in [-0.39, 0.29) is 0 Å². The maximum absolute atomic E-state index is 11.7. The zero-order chi connectivity index (χ0) is 14.5. The van der Waals surface area contributed by atoms with E-state index in [0.717, 1.165) is 10.8 Å². The van der Waals surface area contributed by atoms with E-state index in [2.05, 4.69) is 0 Å². The number of rotatable bonds is 1. The summed E-state index contributed by atoms with van der Waals surface area (Å²) in [6.45, 7) is 7.95. The number of fused-ring (bicyclic) bond motifs is 1. The normalized spacial score (nSPS) is 20.5. The van der Waals surface area contributed by atoms with Gasteiger partial charge in [-0.1, -0.05) is 18.2 Å². The van der Waals surface area contributed by atoms with Crippen molar-refractivity contribution >= 4 is 23.6 Å². The van der Waals surface area contributed by atoms with Crippen LogP contribution in [0.4, 0.5) is 0 Å². The molecule has 0 aliphatic carbocycles. The van der Waals surface area contributed by atoms with Gasteiger partial charge in [0.1, 0.15) is 5.58 Å². The van der Waals surface area contributed by atoms with Crippen LogP contribution in [0.1, 0.15) is 27.7 Å². The second-order valence-electron chi connectivity index (χ2n) is 6.11. The van der Waals surface area contributed by atoms with E-state index in [9.17, 15) is 4.79 Å². The fourth-order valence-electron chi connectivity index (χ4n) is 2.30. The van der Waals surface area contributed by atoms with Crippen LogP contribution in [-0.2, 0) is 9.31 Å². The molecule has 1 fully saturated rings. The van der Waals surface area contributed by atoms with Crippen molar-refractivity contribution in [1.29, 1.82) is 0 Å². The molecular formula is C15H17BO4. The van der Waals surface area contributed by atoms with Crippen LogP contribution in [0.25, 0.3) is 11.0 Å². The maximum Gasteiger partial charge on any atom is 0.495 e. The monoisotopic (exact) mass is 272 g/mol. The Morgan fingerprint density at radius 2 is 1.60 bits per heavy atom. The molecule has 1 aliphatic rings. The third kappa shape index (κ3) is 1.98. The standard InChI is InChI=1S/C15H17BO4/c1-14(2)15(3,4)20-16(19-14)11-9-13(17)18-12-8-6-5-7-10(11)12/h5-9H,1-4H3. The second-order valence-corrected chi connectivity index (χ2v) is 6.11. The quantitative estimate of drug-likeness (QED) is 0.589. The molecule has 0 unspecified atom stereocenters. The van der Waals surface area contributed by atoms with Crippen LogP contribution in [0.3, 0.4) is 0 Å². The molecule has 3 rings (SSSR count). The highest BCUT2D eigenvalue weighted by Crippen LogP contribution is 2.36. The first-order valence-corrected chi connectivity index (χ1v) is 6.69. The summed E-state index contributed by atoms with van der Waals surface area (Å²) in [4.78, 5) is 11.7. The second kappa shape index (κ2) is 4.20. The van der Waals surface area contributed by atoms with Crippen LogP contribution in [0.5, 0.6) is 0 Å². The summed E-state index contributed by atoms with van der Waals surface area (Å²) >= 11 is 0. The van der Waals surface area contributed by atoms with Crippen molar-refractivity contribution in [2.24, 2.45) is 0 Å². The van der Waals surface area contributed by atoms with Crippen molar-refractivity contribution in [3.05, 3.63) is 40.8 Å². The van der Waals surface area contributed by atoms with Gasteiger partial charge in [0.05, 0.1) is 11.2 Å². The Morgan fingerprint density at radius 1 is 1.00 bits per heavy atom. The molecule has 5 heteroatoms. The molecule has 2 heterocycles. The Bertz CT molecular complexity index is 701. The SMILES string of the molecule is CC1(C)OB(c2cc(=O)oc3ccccc23)OC1(C)C. The van der Waals surface area contributed by atoms with Gasteiger partial charge >= 0.3 is 12.7 Å². The molecule has 4 nitrogen and oxygen atoms in total.